The van der Waals surface area contributed by atoms with Gasteiger partial charge in [-0.3, -0.25) is 0 Å². The Morgan fingerprint density at radius 3 is 2.81 bits per heavy atom. The summed E-state index contributed by atoms with van der Waals surface area (Å²) in [6.07, 6.45) is 1.56. The highest BCUT2D eigenvalue weighted by atomic mass is 79.9. The van der Waals surface area contributed by atoms with Crippen molar-refractivity contribution in [3.63, 3.8) is 0 Å². The Hall–Kier alpha value is -1.46. The van der Waals surface area contributed by atoms with Crippen molar-refractivity contribution < 1.29 is 9.13 Å². The van der Waals surface area contributed by atoms with Gasteiger partial charge in [0.25, 0.3) is 5.88 Å². The minimum Gasteiger partial charge on any atom is -0.436 e. The van der Waals surface area contributed by atoms with E-state index in [4.69, 9.17) is 4.74 Å². The van der Waals surface area contributed by atoms with E-state index in [-0.39, 0.29) is 11.9 Å². The summed E-state index contributed by atoms with van der Waals surface area (Å²) in [5.74, 6) is 0.161. The zero-order chi connectivity index (χ0) is 15.4. The zero-order valence-corrected chi connectivity index (χ0v) is 13.9. The van der Waals surface area contributed by atoms with Crippen LogP contribution in [0.1, 0.15) is 25.0 Å². The molecule has 1 aromatic heterocycles. The first-order valence-electron chi connectivity index (χ1n) is 6.78. The van der Waals surface area contributed by atoms with Crippen LogP contribution in [0.2, 0.25) is 0 Å². The first kappa shape index (κ1) is 15.9. The number of ether oxygens (including phenoxy) is 1. The van der Waals surface area contributed by atoms with Crippen molar-refractivity contribution in [1.29, 1.82) is 0 Å². The molecule has 0 atom stereocenters. The van der Waals surface area contributed by atoms with Crippen molar-refractivity contribution in [1.82, 2.24) is 10.3 Å². The SMILES string of the molecule is Cc1ccc(Br)cc1Oc1nccc(CNC(C)C)c1F. The van der Waals surface area contributed by atoms with Gasteiger partial charge in [-0.1, -0.05) is 35.8 Å². The molecule has 0 aliphatic rings. The lowest BCUT2D eigenvalue weighted by Crippen LogP contribution is -2.22. The van der Waals surface area contributed by atoms with E-state index >= 15 is 0 Å². The highest BCUT2D eigenvalue weighted by Crippen LogP contribution is 2.29. The summed E-state index contributed by atoms with van der Waals surface area (Å²) in [6, 6.07) is 7.56. The van der Waals surface area contributed by atoms with Gasteiger partial charge in [0, 0.05) is 28.8 Å². The van der Waals surface area contributed by atoms with Crippen LogP contribution < -0.4 is 10.1 Å². The molecule has 21 heavy (non-hydrogen) atoms. The minimum absolute atomic E-state index is 0.000689. The normalized spacial score (nSPS) is 11.0. The molecule has 0 bridgehead atoms. The molecule has 1 heterocycles. The second-order valence-electron chi connectivity index (χ2n) is 5.14. The molecule has 2 rings (SSSR count). The number of halogens is 2. The first-order valence-corrected chi connectivity index (χ1v) is 7.57. The summed E-state index contributed by atoms with van der Waals surface area (Å²) in [6.45, 7) is 6.38. The molecule has 0 fully saturated rings. The second kappa shape index (κ2) is 7.00. The largest absolute Gasteiger partial charge is 0.436 e. The van der Waals surface area contributed by atoms with Gasteiger partial charge in [0.1, 0.15) is 5.75 Å². The number of hydrogen-bond acceptors (Lipinski definition) is 3. The number of rotatable bonds is 5. The van der Waals surface area contributed by atoms with Crippen molar-refractivity contribution in [2.75, 3.05) is 0 Å². The molecular formula is C16H18BrFN2O. The Labute approximate surface area is 132 Å². The van der Waals surface area contributed by atoms with Gasteiger partial charge in [0.05, 0.1) is 0 Å². The van der Waals surface area contributed by atoms with Crippen LogP contribution in [-0.2, 0) is 6.54 Å². The number of nitrogens with one attached hydrogen (secondary N) is 1. The lowest BCUT2D eigenvalue weighted by Gasteiger charge is -2.12. The first-order chi connectivity index (χ1) is 9.97. The van der Waals surface area contributed by atoms with Gasteiger partial charge in [0.15, 0.2) is 5.82 Å². The van der Waals surface area contributed by atoms with Crippen LogP contribution in [0.25, 0.3) is 0 Å². The third kappa shape index (κ3) is 4.25. The Kier molecular flexibility index (Phi) is 5.31. The summed E-state index contributed by atoms with van der Waals surface area (Å²) in [5, 5.41) is 3.18. The fourth-order valence-electron chi connectivity index (χ4n) is 1.77. The number of nitrogens with zero attached hydrogens (tertiary/aromatic N) is 1. The van der Waals surface area contributed by atoms with Gasteiger partial charge in [-0.05, 0) is 30.7 Å². The smallest absolute Gasteiger partial charge is 0.256 e. The maximum Gasteiger partial charge on any atom is 0.256 e. The number of aryl methyl sites for hydroxylation is 1. The highest BCUT2D eigenvalue weighted by Gasteiger charge is 2.13. The molecule has 3 nitrogen and oxygen atoms in total. The van der Waals surface area contributed by atoms with E-state index in [1.54, 1.807) is 18.3 Å². The van der Waals surface area contributed by atoms with E-state index in [2.05, 4.69) is 26.2 Å². The van der Waals surface area contributed by atoms with Gasteiger partial charge in [-0.2, -0.15) is 0 Å². The van der Waals surface area contributed by atoms with Crippen LogP contribution in [0, 0.1) is 12.7 Å². The van der Waals surface area contributed by atoms with Crippen molar-refractivity contribution >= 4 is 15.9 Å². The molecule has 1 N–H and O–H groups in total. The molecule has 0 amide bonds. The third-order valence-corrected chi connectivity index (χ3v) is 3.49. The number of benzene rings is 1. The molecule has 0 aliphatic heterocycles. The molecule has 0 saturated carbocycles. The van der Waals surface area contributed by atoms with E-state index in [1.165, 1.54) is 0 Å². The standard InChI is InChI=1S/C16H18BrFN2O/c1-10(2)20-9-12-6-7-19-16(15(12)18)21-14-8-13(17)5-4-11(14)3/h4-8,10,20H,9H2,1-3H3. The van der Waals surface area contributed by atoms with Crippen LogP contribution in [0.5, 0.6) is 11.6 Å². The molecule has 2 aromatic rings. The summed E-state index contributed by atoms with van der Waals surface area (Å²) in [4.78, 5) is 3.99. The van der Waals surface area contributed by atoms with Crippen LogP contribution in [0.3, 0.4) is 0 Å². The van der Waals surface area contributed by atoms with Crippen molar-refractivity contribution in [2.45, 2.75) is 33.4 Å². The number of hydrogen-bond donors (Lipinski definition) is 1. The van der Waals surface area contributed by atoms with E-state index in [9.17, 15) is 4.39 Å². The molecule has 0 unspecified atom stereocenters. The summed E-state index contributed by atoms with van der Waals surface area (Å²) in [5.41, 5.74) is 1.46. The van der Waals surface area contributed by atoms with E-state index < -0.39 is 5.82 Å². The Bertz CT molecular complexity index is 632. The predicted molar refractivity (Wildman–Crippen MR) is 85.1 cm³/mol. The Morgan fingerprint density at radius 1 is 1.33 bits per heavy atom. The lowest BCUT2D eigenvalue weighted by atomic mass is 10.2. The molecular weight excluding hydrogens is 335 g/mol. The molecule has 112 valence electrons. The quantitative estimate of drug-likeness (QED) is 0.854. The molecule has 5 heteroatoms. The van der Waals surface area contributed by atoms with Gasteiger partial charge in [-0.15, -0.1) is 0 Å². The topological polar surface area (TPSA) is 34.1 Å². The molecule has 0 saturated heterocycles. The van der Waals surface area contributed by atoms with Crippen LogP contribution >= 0.6 is 15.9 Å². The summed E-state index contributed by atoms with van der Waals surface area (Å²) < 4.78 is 20.9. The number of pyridine rings is 1. The highest BCUT2D eigenvalue weighted by molar-refractivity contribution is 9.10. The maximum atomic E-state index is 14.4. The average molecular weight is 353 g/mol. The van der Waals surface area contributed by atoms with Crippen LogP contribution in [-0.4, -0.2) is 11.0 Å². The summed E-state index contributed by atoms with van der Waals surface area (Å²) >= 11 is 3.38. The van der Waals surface area contributed by atoms with Crippen LogP contribution in [0.4, 0.5) is 4.39 Å². The van der Waals surface area contributed by atoms with Crippen molar-refractivity contribution in [3.8, 4) is 11.6 Å². The minimum atomic E-state index is -0.426. The van der Waals surface area contributed by atoms with E-state index in [0.29, 0.717) is 17.9 Å². The van der Waals surface area contributed by atoms with Crippen molar-refractivity contribution in [3.05, 3.63) is 51.9 Å². The fourth-order valence-corrected chi connectivity index (χ4v) is 2.11. The fraction of sp³-hybridized carbons (Fsp3) is 0.312. The number of aromatic nitrogens is 1. The monoisotopic (exact) mass is 352 g/mol. The average Bonchev–Trinajstić information content (AvgIpc) is 2.43. The van der Waals surface area contributed by atoms with Gasteiger partial charge < -0.3 is 10.1 Å². The second-order valence-corrected chi connectivity index (χ2v) is 6.05. The molecule has 1 aromatic carbocycles. The Morgan fingerprint density at radius 2 is 2.10 bits per heavy atom. The van der Waals surface area contributed by atoms with Gasteiger partial charge in [-0.25, -0.2) is 9.37 Å². The molecule has 0 spiro atoms. The van der Waals surface area contributed by atoms with Gasteiger partial charge in [0.2, 0.25) is 0 Å². The third-order valence-electron chi connectivity index (χ3n) is 2.99. The Balaban J connectivity index is 2.24. The lowest BCUT2D eigenvalue weighted by molar-refractivity contribution is 0.414. The zero-order valence-electron chi connectivity index (χ0n) is 12.3. The van der Waals surface area contributed by atoms with Crippen molar-refractivity contribution in [2.24, 2.45) is 0 Å². The molecule has 0 radical (unpaired) electrons. The van der Waals surface area contributed by atoms with E-state index in [1.807, 2.05) is 32.9 Å². The van der Waals surface area contributed by atoms with E-state index in [0.717, 1.165) is 10.0 Å². The molecule has 0 aliphatic carbocycles. The predicted octanol–water partition coefficient (Wildman–Crippen LogP) is 4.58. The maximum absolute atomic E-state index is 14.4. The van der Waals surface area contributed by atoms with Crippen LogP contribution in [0.15, 0.2) is 34.9 Å². The van der Waals surface area contributed by atoms with Gasteiger partial charge >= 0.3 is 0 Å². The summed E-state index contributed by atoms with van der Waals surface area (Å²) in [7, 11) is 0.